The number of thiophene rings is 1. The zero-order valence-corrected chi connectivity index (χ0v) is 12.8. The summed E-state index contributed by atoms with van der Waals surface area (Å²) in [5.74, 6) is 3.50. The summed E-state index contributed by atoms with van der Waals surface area (Å²) in [5.41, 5.74) is 0. The van der Waals surface area contributed by atoms with Crippen LogP contribution in [0, 0.1) is 0 Å². The van der Waals surface area contributed by atoms with E-state index in [9.17, 15) is 0 Å². The zero-order valence-electron chi connectivity index (χ0n) is 12.0. The predicted molar refractivity (Wildman–Crippen MR) is 84.8 cm³/mol. The number of aromatic nitrogens is 2. The first-order chi connectivity index (χ1) is 9.76. The molecule has 0 atom stereocenters. The van der Waals surface area contributed by atoms with Gasteiger partial charge in [0.2, 0.25) is 0 Å². The summed E-state index contributed by atoms with van der Waals surface area (Å²) in [7, 11) is 4.01. The van der Waals surface area contributed by atoms with Crippen molar-refractivity contribution in [2.75, 3.05) is 30.9 Å². The highest BCUT2D eigenvalue weighted by Crippen LogP contribution is 2.39. The van der Waals surface area contributed by atoms with E-state index in [1.165, 1.54) is 17.7 Å². The number of nitrogens with zero attached hydrogens (tertiary/aromatic N) is 3. The Bertz CT molecular complexity index is 563. The Hall–Kier alpha value is -1.62. The molecule has 0 bridgehead atoms. The fraction of sp³-hybridized carbons (Fsp3) is 0.467. The summed E-state index contributed by atoms with van der Waals surface area (Å²) >= 11 is 1.81. The highest BCUT2D eigenvalue weighted by Gasteiger charge is 2.27. The van der Waals surface area contributed by atoms with E-state index in [1.807, 2.05) is 24.5 Å². The summed E-state index contributed by atoms with van der Waals surface area (Å²) in [6.07, 6.45) is 3.52. The maximum atomic E-state index is 4.72. The molecule has 0 amide bonds. The van der Waals surface area contributed by atoms with Crippen molar-refractivity contribution in [3.8, 4) is 0 Å². The van der Waals surface area contributed by atoms with Gasteiger partial charge in [0, 0.05) is 37.5 Å². The number of hydrogen-bond acceptors (Lipinski definition) is 5. The highest BCUT2D eigenvalue weighted by atomic mass is 32.1. The van der Waals surface area contributed by atoms with Gasteiger partial charge < -0.3 is 10.2 Å². The lowest BCUT2D eigenvalue weighted by molar-refractivity contribution is 0.841. The molecule has 2 aromatic rings. The van der Waals surface area contributed by atoms with E-state index in [1.54, 1.807) is 0 Å². The number of rotatable bonds is 6. The monoisotopic (exact) mass is 288 g/mol. The fourth-order valence-corrected chi connectivity index (χ4v) is 2.85. The summed E-state index contributed by atoms with van der Waals surface area (Å²) < 4.78 is 0. The van der Waals surface area contributed by atoms with E-state index < -0.39 is 0 Å². The fourth-order valence-electron chi connectivity index (χ4n) is 2.15. The minimum atomic E-state index is 0.577. The second-order valence-electron chi connectivity index (χ2n) is 5.24. The van der Waals surface area contributed by atoms with E-state index in [4.69, 9.17) is 4.98 Å². The van der Waals surface area contributed by atoms with Crippen molar-refractivity contribution < 1.29 is 0 Å². The van der Waals surface area contributed by atoms with Gasteiger partial charge in [0.05, 0.1) is 0 Å². The van der Waals surface area contributed by atoms with Crippen LogP contribution in [0.25, 0.3) is 0 Å². The standard InChI is InChI=1S/C15H20N4S/c1-16-13-10-14(18-15(17-13)11-5-6-11)19(2)8-7-12-4-3-9-20-12/h3-4,9-11H,5-8H2,1-2H3,(H,16,17,18). The lowest BCUT2D eigenvalue weighted by atomic mass is 10.3. The van der Waals surface area contributed by atoms with Crippen molar-refractivity contribution in [1.82, 2.24) is 9.97 Å². The molecule has 5 heteroatoms. The summed E-state index contributed by atoms with van der Waals surface area (Å²) in [5, 5.41) is 5.27. The van der Waals surface area contributed by atoms with Gasteiger partial charge in [-0.2, -0.15) is 0 Å². The SMILES string of the molecule is CNc1cc(N(C)CCc2cccs2)nc(C2CC2)n1. The second kappa shape index (κ2) is 5.79. The molecule has 2 heterocycles. The van der Waals surface area contributed by atoms with Crippen molar-refractivity contribution in [1.29, 1.82) is 0 Å². The molecular formula is C15H20N4S. The Morgan fingerprint density at radius 2 is 2.25 bits per heavy atom. The van der Waals surface area contributed by atoms with Crippen molar-refractivity contribution >= 4 is 23.0 Å². The maximum Gasteiger partial charge on any atom is 0.136 e. The van der Waals surface area contributed by atoms with Crippen LogP contribution in [0.15, 0.2) is 23.6 Å². The quantitative estimate of drug-likeness (QED) is 0.886. The van der Waals surface area contributed by atoms with Crippen LogP contribution in [-0.2, 0) is 6.42 Å². The van der Waals surface area contributed by atoms with Crippen LogP contribution < -0.4 is 10.2 Å². The van der Waals surface area contributed by atoms with Crippen molar-refractivity contribution in [3.05, 3.63) is 34.3 Å². The molecule has 2 aromatic heterocycles. The van der Waals surface area contributed by atoms with Crippen LogP contribution in [0.3, 0.4) is 0 Å². The number of likely N-dealkylation sites (N-methyl/N-ethyl adjacent to an activating group) is 1. The first-order valence-corrected chi connectivity index (χ1v) is 7.94. The molecule has 4 nitrogen and oxygen atoms in total. The summed E-state index contributed by atoms with van der Waals surface area (Å²) in [6, 6.07) is 6.32. The van der Waals surface area contributed by atoms with Gasteiger partial charge in [0.15, 0.2) is 0 Å². The molecule has 106 valence electrons. The molecule has 0 saturated heterocycles. The summed E-state index contributed by atoms with van der Waals surface area (Å²) in [6.45, 7) is 0.977. The molecule has 1 saturated carbocycles. The molecule has 3 rings (SSSR count). The Kier molecular flexibility index (Phi) is 3.87. The normalized spacial score (nSPS) is 14.3. The van der Waals surface area contributed by atoms with Gasteiger partial charge in [-0.25, -0.2) is 9.97 Å². The van der Waals surface area contributed by atoms with E-state index in [2.05, 4.69) is 39.8 Å². The zero-order chi connectivity index (χ0) is 13.9. The topological polar surface area (TPSA) is 41.0 Å². The lowest BCUT2D eigenvalue weighted by Crippen LogP contribution is -2.22. The molecule has 1 N–H and O–H groups in total. The number of hydrogen-bond donors (Lipinski definition) is 1. The minimum absolute atomic E-state index is 0.577. The third-order valence-electron chi connectivity index (χ3n) is 3.59. The average Bonchev–Trinajstić information content (AvgIpc) is 3.21. The van der Waals surface area contributed by atoms with Crippen molar-refractivity contribution in [3.63, 3.8) is 0 Å². The molecule has 0 spiro atoms. The maximum absolute atomic E-state index is 4.72. The molecule has 0 radical (unpaired) electrons. The van der Waals surface area contributed by atoms with Gasteiger partial charge in [-0.15, -0.1) is 11.3 Å². The Morgan fingerprint density at radius 1 is 1.40 bits per heavy atom. The van der Waals surface area contributed by atoms with Crippen LogP contribution in [0.2, 0.25) is 0 Å². The molecule has 1 aliphatic carbocycles. The second-order valence-corrected chi connectivity index (χ2v) is 6.28. The van der Waals surface area contributed by atoms with Gasteiger partial charge in [0.25, 0.3) is 0 Å². The third kappa shape index (κ3) is 3.10. The smallest absolute Gasteiger partial charge is 0.136 e. The van der Waals surface area contributed by atoms with Crippen molar-refractivity contribution in [2.45, 2.75) is 25.2 Å². The first kappa shape index (κ1) is 13.4. The van der Waals surface area contributed by atoms with Gasteiger partial charge >= 0.3 is 0 Å². The predicted octanol–water partition coefficient (Wildman–Crippen LogP) is 3.14. The molecule has 0 aromatic carbocycles. The van der Waals surface area contributed by atoms with E-state index in [0.29, 0.717) is 5.92 Å². The Morgan fingerprint density at radius 3 is 2.90 bits per heavy atom. The van der Waals surface area contributed by atoms with Gasteiger partial charge in [-0.05, 0) is 30.7 Å². The van der Waals surface area contributed by atoms with Crippen LogP contribution in [-0.4, -0.2) is 30.6 Å². The largest absolute Gasteiger partial charge is 0.373 e. The van der Waals surface area contributed by atoms with Gasteiger partial charge in [-0.3, -0.25) is 0 Å². The summed E-state index contributed by atoms with van der Waals surface area (Å²) in [4.78, 5) is 12.9. The van der Waals surface area contributed by atoms with Crippen LogP contribution in [0.1, 0.15) is 29.5 Å². The van der Waals surface area contributed by atoms with E-state index in [0.717, 1.165) is 30.4 Å². The first-order valence-electron chi connectivity index (χ1n) is 7.06. The third-order valence-corrected chi connectivity index (χ3v) is 4.53. The minimum Gasteiger partial charge on any atom is -0.373 e. The molecule has 0 aliphatic heterocycles. The molecular weight excluding hydrogens is 268 g/mol. The van der Waals surface area contributed by atoms with Gasteiger partial charge in [-0.1, -0.05) is 6.07 Å². The highest BCUT2D eigenvalue weighted by molar-refractivity contribution is 7.09. The van der Waals surface area contributed by atoms with E-state index >= 15 is 0 Å². The van der Waals surface area contributed by atoms with Crippen LogP contribution >= 0.6 is 11.3 Å². The lowest BCUT2D eigenvalue weighted by Gasteiger charge is -2.19. The van der Waals surface area contributed by atoms with E-state index in [-0.39, 0.29) is 0 Å². The molecule has 0 unspecified atom stereocenters. The molecule has 20 heavy (non-hydrogen) atoms. The average molecular weight is 288 g/mol. The van der Waals surface area contributed by atoms with Crippen molar-refractivity contribution in [2.24, 2.45) is 0 Å². The Balaban J connectivity index is 1.72. The van der Waals surface area contributed by atoms with Crippen LogP contribution in [0.4, 0.5) is 11.6 Å². The molecule has 1 fully saturated rings. The Labute approximate surface area is 123 Å². The number of nitrogens with one attached hydrogen (secondary N) is 1. The van der Waals surface area contributed by atoms with Gasteiger partial charge in [0.1, 0.15) is 17.5 Å². The van der Waals surface area contributed by atoms with Crippen LogP contribution in [0.5, 0.6) is 0 Å². The molecule has 1 aliphatic rings. The number of anilines is 2.